The van der Waals surface area contributed by atoms with E-state index in [4.69, 9.17) is 4.74 Å². The Bertz CT molecular complexity index is 706. The van der Waals surface area contributed by atoms with Crippen LogP contribution in [-0.2, 0) is 4.74 Å². The minimum Gasteiger partial charge on any atom is -0.393 e. The SMILES string of the molecule is CC(C)C1(CC[C@@H](C)[C@H]2CC[C@H]3[C@@H]4CC=C5C[C@@H](O)CC[C@]5(C)[C@H]4CC[C@]23C)COC1. The van der Waals surface area contributed by atoms with Crippen LogP contribution in [0.25, 0.3) is 0 Å². The van der Waals surface area contributed by atoms with Gasteiger partial charge in [0, 0.05) is 5.41 Å². The van der Waals surface area contributed by atoms with Crippen molar-refractivity contribution < 1.29 is 9.84 Å². The van der Waals surface area contributed by atoms with Crippen molar-refractivity contribution in [2.75, 3.05) is 13.2 Å². The molecule has 0 bridgehead atoms. The van der Waals surface area contributed by atoms with Crippen LogP contribution >= 0.6 is 0 Å². The van der Waals surface area contributed by atoms with E-state index in [2.05, 4.69) is 40.7 Å². The van der Waals surface area contributed by atoms with Gasteiger partial charge in [-0.25, -0.2) is 0 Å². The third-order valence-corrected chi connectivity index (χ3v) is 11.9. The molecule has 176 valence electrons. The first-order valence-corrected chi connectivity index (χ1v) is 13.6. The van der Waals surface area contributed by atoms with Crippen LogP contribution < -0.4 is 0 Å². The van der Waals surface area contributed by atoms with Crippen molar-refractivity contribution in [1.29, 1.82) is 0 Å². The largest absolute Gasteiger partial charge is 0.393 e. The van der Waals surface area contributed by atoms with Crippen LogP contribution in [0.2, 0.25) is 0 Å². The summed E-state index contributed by atoms with van der Waals surface area (Å²) in [6, 6.07) is 0. The summed E-state index contributed by atoms with van der Waals surface area (Å²) in [6.45, 7) is 14.6. The van der Waals surface area contributed by atoms with Gasteiger partial charge in [-0.3, -0.25) is 0 Å². The molecule has 0 aromatic rings. The summed E-state index contributed by atoms with van der Waals surface area (Å²) in [5.74, 6) is 5.18. The number of fused-ring (bicyclic) bond motifs is 5. The summed E-state index contributed by atoms with van der Waals surface area (Å²) < 4.78 is 5.66. The molecule has 4 fully saturated rings. The van der Waals surface area contributed by atoms with Crippen LogP contribution in [0.3, 0.4) is 0 Å². The zero-order chi connectivity index (χ0) is 22.0. The third-order valence-electron chi connectivity index (χ3n) is 11.9. The fourth-order valence-electron chi connectivity index (χ4n) is 9.46. The molecule has 8 atom stereocenters. The highest BCUT2D eigenvalue weighted by Gasteiger charge is 2.59. The summed E-state index contributed by atoms with van der Waals surface area (Å²) in [5, 5.41) is 10.3. The number of allylic oxidation sites excluding steroid dienone is 1. The highest BCUT2D eigenvalue weighted by Crippen LogP contribution is 2.67. The maximum absolute atomic E-state index is 10.3. The number of hydrogen-bond donors (Lipinski definition) is 1. The molecule has 1 heterocycles. The minimum atomic E-state index is -0.0864. The van der Waals surface area contributed by atoms with Gasteiger partial charge in [-0.15, -0.1) is 0 Å². The van der Waals surface area contributed by atoms with Crippen molar-refractivity contribution in [1.82, 2.24) is 0 Å². The van der Waals surface area contributed by atoms with E-state index in [0.29, 0.717) is 16.2 Å². The van der Waals surface area contributed by atoms with E-state index in [9.17, 15) is 5.11 Å². The van der Waals surface area contributed by atoms with Crippen molar-refractivity contribution in [2.24, 2.45) is 51.8 Å². The third kappa shape index (κ3) is 3.40. The Balaban J connectivity index is 1.30. The van der Waals surface area contributed by atoms with Gasteiger partial charge in [0.25, 0.3) is 0 Å². The molecule has 2 nitrogen and oxygen atoms in total. The summed E-state index contributed by atoms with van der Waals surface area (Å²) in [7, 11) is 0. The number of rotatable bonds is 5. The first-order valence-electron chi connectivity index (χ1n) is 13.6. The van der Waals surface area contributed by atoms with E-state index in [1.807, 2.05) is 0 Å². The monoisotopic (exact) mass is 428 g/mol. The van der Waals surface area contributed by atoms with Gasteiger partial charge in [0.1, 0.15) is 0 Å². The summed E-state index contributed by atoms with van der Waals surface area (Å²) >= 11 is 0. The first kappa shape index (κ1) is 22.5. The maximum atomic E-state index is 10.3. The molecule has 0 aromatic heterocycles. The molecule has 0 amide bonds. The van der Waals surface area contributed by atoms with E-state index in [-0.39, 0.29) is 6.10 Å². The molecule has 0 radical (unpaired) electrons. The highest BCUT2D eigenvalue weighted by molar-refractivity contribution is 5.25. The van der Waals surface area contributed by atoms with Crippen molar-refractivity contribution in [3.05, 3.63) is 11.6 Å². The number of aliphatic hydroxyl groups excluding tert-OH is 1. The Labute approximate surface area is 191 Å². The van der Waals surface area contributed by atoms with Crippen LogP contribution in [-0.4, -0.2) is 24.4 Å². The average molecular weight is 429 g/mol. The standard InChI is InChI=1S/C29H48O2/c1-19(2)29(17-31-18-29)15-10-20(3)24-8-9-25-23-7-6-21-16-22(30)11-13-27(21,4)26(23)12-14-28(24,25)5/h6,19-20,22-26,30H,7-18H2,1-5H3/t20-,22+,23+,24-,25+,26+,27+,28-/m1/s1. The Kier molecular flexibility index (Phi) is 5.70. The van der Waals surface area contributed by atoms with Crippen molar-refractivity contribution in [3.8, 4) is 0 Å². The fraction of sp³-hybridized carbons (Fsp3) is 0.931. The molecule has 0 spiro atoms. The molecular formula is C29H48O2. The summed E-state index contributed by atoms with van der Waals surface area (Å²) in [4.78, 5) is 0. The Morgan fingerprint density at radius 2 is 1.81 bits per heavy atom. The first-order chi connectivity index (χ1) is 14.7. The van der Waals surface area contributed by atoms with Crippen molar-refractivity contribution >= 4 is 0 Å². The molecule has 1 saturated heterocycles. The van der Waals surface area contributed by atoms with Crippen LogP contribution in [0.5, 0.6) is 0 Å². The zero-order valence-electron chi connectivity index (χ0n) is 21.0. The second-order valence-electron chi connectivity index (χ2n) is 13.4. The lowest BCUT2D eigenvalue weighted by Gasteiger charge is -2.58. The van der Waals surface area contributed by atoms with Gasteiger partial charge in [0.2, 0.25) is 0 Å². The Hall–Kier alpha value is -0.340. The van der Waals surface area contributed by atoms with Gasteiger partial charge >= 0.3 is 0 Å². The molecule has 4 aliphatic carbocycles. The predicted octanol–water partition coefficient (Wildman–Crippen LogP) is 7.02. The van der Waals surface area contributed by atoms with E-state index in [1.54, 1.807) is 5.57 Å². The molecule has 2 heteroatoms. The molecule has 1 N–H and O–H groups in total. The number of aliphatic hydroxyl groups is 1. The van der Waals surface area contributed by atoms with Gasteiger partial charge in [-0.1, -0.05) is 46.3 Å². The minimum absolute atomic E-state index is 0.0864. The quantitative estimate of drug-likeness (QED) is 0.477. The maximum Gasteiger partial charge on any atom is 0.0577 e. The fourth-order valence-corrected chi connectivity index (χ4v) is 9.46. The van der Waals surface area contributed by atoms with Crippen LogP contribution in [0.1, 0.15) is 98.8 Å². The van der Waals surface area contributed by atoms with Gasteiger partial charge < -0.3 is 9.84 Å². The Morgan fingerprint density at radius 3 is 2.48 bits per heavy atom. The lowest BCUT2D eigenvalue weighted by atomic mass is 9.47. The van der Waals surface area contributed by atoms with E-state index >= 15 is 0 Å². The van der Waals surface area contributed by atoms with Crippen LogP contribution in [0.15, 0.2) is 11.6 Å². The summed E-state index contributed by atoms with van der Waals surface area (Å²) in [5.41, 5.74) is 3.01. The highest BCUT2D eigenvalue weighted by atomic mass is 16.5. The molecule has 5 rings (SSSR count). The van der Waals surface area contributed by atoms with Crippen molar-refractivity contribution in [2.45, 2.75) is 105 Å². The van der Waals surface area contributed by atoms with E-state index in [0.717, 1.165) is 61.6 Å². The average Bonchev–Trinajstić information content (AvgIpc) is 3.04. The summed E-state index contributed by atoms with van der Waals surface area (Å²) in [6.07, 6.45) is 15.5. The molecule has 31 heavy (non-hydrogen) atoms. The molecule has 0 aromatic carbocycles. The molecule has 5 aliphatic rings. The van der Waals surface area contributed by atoms with Gasteiger partial charge in [0.05, 0.1) is 19.3 Å². The van der Waals surface area contributed by atoms with Crippen LogP contribution in [0, 0.1) is 51.8 Å². The van der Waals surface area contributed by atoms with Crippen molar-refractivity contribution in [3.63, 3.8) is 0 Å². The van der Waals surface area contributed by atoms with Gasteiger partial charge in [-0.2, -0.15) is 0 Å². The molecular weight excluding hydrogens is 380 g/mol. The van der Waals surface area contributed by atoms with Gasteiger partial charge in [-0.05, 0) is 111 Å². The number of ether oxygens (including phenoxy) is 1. The predicted molar refractivity (Wildman–Crippen MR) is 128 cm³/mol. The zero-order valence-corrected chi connectivity index (χ0v) is 21.0. The van der Waals surface area contributed by atoms with E-state index < -0.39 is 0 Å². The Morgan fingerprint density at radius 1 is 1.03 bits per heavy atom. The van der Waals surface area contributed by atoms with E-state index in [1.165, 1.54) is 51.4 Å². The van der Waals surface area contributed by atoms with Crippen LogP contribution in [0.4, 0.5) is 0 Å². The topological polar surface area (TPSA) is 29.5 Å². The molecule has 1 aliphatic heterocycles. The lowest BCUT2D eigenvalue weighted by Crippen LogP contribution is -2.51. The number of hydrogen-bond acceptors (Lipinski definition) is 2. The smallest absolute Gasteiger partial charge is 0.0577 e. The van der Waals surface area contributed by atoms with Gasteiger partial charge in [0.15, 0.2) is 0 Å². The normalized spacial score (nSPS) is 47.1. The lowest BCUT2D eigenvalue weighted by molar-refractivity contribution is -0.146. The second-order valence-corrected chi connectivity index (χ2v) is 13.4. The molecule has 3 saturated carbocycles. The second kappa shape index (κ2) is 7.86. The molecule has 0 unspecified atom stereocenters.